The standard InChI is InChI=1S/C26H41NO5SSi/c1-25(2,3)19(16-31-34(7)8)22-23(18(14-21(29)33)17-12-10-9-11-13-17)27(24(22)30)15-20(28)32-26(4,5)6/h9-13,18-19,22-23,34H,14-16H2,1-8H3,(H,29,33)/t18-,19-,22+,23+/m1/s1. The van der Waals surface area contributed by atoms with E-state index in [1.165, 1.54) is 0 Å². The monoisotopic (exact) mass is 507 g/mol. The van der Waals surface area contributed by atoms with Crippen molar-refractivity contribution >= 4 is 38.2 Å². The molecule has 0 saturated carbocycles. The number of β-lactam (4-membered cyclic amide) rings is 1. The summed E-state index contributed by atoms with van der Waals surface area (Å²) in [6, 6.07) is 9.46. The molecule has 4 atom stereocenters. The Balaban J connectivity index is 2.49. The van der Waals surface area contributed by atoms with E-state index in [-0.39, 0.29) is 53.1 Å². The maximum atomic E-state index is 13.6. The molecule has 0 unspecified atom stereocenters. The first-order valence-corrected chi connectivity index (χ1v) is 15.2. The Labute approximate surface area is 211 Å². The number of hydrogen-bond donors (Lipinski definition) is 1. The molecule has 1 aliphatic heterocycles. The first-order valence-electron chi connectivity index (χ1n) is 12.0. The van der Waals surface area contributed by atoms with Gasteiger partial charge in [-0.3, -0.25) is 9.59 Å². The van der Waals surface area contributed by atoms with Crippen LogP contribution in [0.3, 0.4) is 0 Å². The molecule has 0 spiro atoms. The van der Waals surface area contributed by atoms with Crippen molar-refractivity contribution < 1.29 is 23.9 Å². The second-order valence-electron chi connectivity index (χ2n) is 11.5. The highest BCUT2D eigenvalue weighted by molar-refractivity contribution is 7.80. The summed E-state index contributed by atoms with van der Waals surface area (Å²) in [5, 5.41) is 10.0. The number of aliphatic hydroxyl groups is 1. The molecule has 0 radical (unpaired) electrons. The molecule has 0 aromatic heterocycles. The number of aliphatic hydroxyl groups excluding tert-OH is 1. The van der Waals surface area contributed by atoms with Crippen LogP contribution >= 0.6 is 12.2 Å². The van der Waals surface area contributed by atoms with Gasteiger partial charge in [0.25, 0.3) is 0 Å². The van der Waals surface area contributed by atoms with Crippen LogP contribution in [0.15, 0.2) is 30.3 Å². The van der Waals surface area contributed by atoms with E-state index in [1.807, 2.05) is 51.1 Å². The van der Waals surface area contributed by atoms with Crippen molar-refractivity contribution in [2.75, 3.05) is 13.2 Å². The van der Waals surface area contributed by atoms with E-state index in [0.717, 1.165) is 5.56 Å². The minimum atomic E-state index is -1.30. The zero-order chi connectivity index (χ0) is 25.8. The molecule has 1 aromatic carbocycles. The van der Waals surface area contributed by atoms with Crippen molar-refractivity contribution in [3.05, 3.63) is 35.9 Å². The largest absolute Gasteiger partial charge is 0.502 e. The average Bonchev–Trinajstić information content (AvgIpc) is 2.68. The molecule has 6 nitrogen and oxygen atoms in total. The van der Waals surface area contributed by atoms with Crippen LogP contribution in [-0.4, -0.2) is 60.8 Å². The number of ether oxygens (including phenoxy) is 1. The minimum absolute atomic E-state index is 0.0479. The van der Waals surface area contributed by atoms with E-state index in [1.54, 1.807) is 4.90 Å². The molecule has 0 aliphatic carbocycles. The molecule has 2 rings (SSSR count). The quantitative estimate of drug-likeness (QED) is 0.211. The summed E-state index contributed by atoms with van der Waals surface area (Å²) < 4.78 is 11.7. The Hall–Kier alpha value is -1.77. The van der Waals surface area contributed by atoms with Crippen LogP contribution < -0.4 is 0 Å². The van der Waals surface area contributed by atoms with Gasteiger partial charge >= 0.3 is 5.97 Å². The summed E-state index contributed by atoms with van der Waals surface area (Å²) in [5.41, 5.74) is 0.137. The molecule has 34 heavy (non-hydrogen) atoms. The molecule has 1 fully saturated rings. The predicted molar refractivity (Wildman–Crippen MR) is 142 cm³/mol. The molecular formula is C26H41NO5SSi. The lowest BCUT2D eigenvalue weighted by Gasteiger charge is -2.55. The number of hydrogen-bond acceptors (Lipinski definition) is 5. The Morgan fingerprint density at radius 1 is 1.15 bits per heavy atom. The maximum Gasteiger partial charge on any atom is 0.326 e. The van der Waals surface area contributed by atoms with Gasteiger partial charge in [-0.25, -0.2) is 0 Å². The zero-order valence-corrected chi connectivity index (χ0v) is 23.8. The van der Waals surface area contributed by atoms with Gasteiger partial charge in [0.15, 0.2) is 14.1 Å². The van der Waals surface area contributed by atoms with Gasteiger partial charge in [-0.2, -0.15) is 0 Å². The second-order valence-corrected chi connectivity index (χ2v) is 14.4. The number of benzene rings is 1. The van der Waals surface area contributed by atoms with Gasteiger partial charge in [-0.15, -0.1) is 0 Å². The number of rotatable bonds is 10. The SMILES string of the molecule is C[SiH](C)OC[C@H]([C@@H]1C(=O)N(CC(=O)OC(C)(C)C)[C@H]1[C@H](CC(O)=S)c1ccccc1)C(C)(C)C. The van der Waals surface area contributed by atoms with Crippen molar-refractivity contribution in [1.82, 2.24) is 4.90 Å². The number of esters is 1. The topological polar surface area (TPSA) is 76.1 Å². The molecule has 190 valence electrons. The molecule has 1 amide bonds. The van der Waals surface area contributed by atoms with E-state index >= 15 is 0 Å². The van der Waals surface area contributed by atoms with E-state index < -0.39 is 20.6 Å². The van der Waals surface area contributed by atoms with Crippen molar-refractivity contribution in [3.8, 4) is 0 Å². The molecule has 0 bridgehead atoms. The van der Waals surface area contributed by atoms with Gasteiger partial charge in [0, 0.05) is 18.9 Å². The summed E-state index contributed by atoms with van der Waals surface area (Å²) in [6.45, 7) is 16.4. The van der Waals surface area contributed by atoms with E-state index in [0.29, 0.717) is 6.61 Å². The van der Waals surface area contributed by atoms with Crippen LogP contribution in [0.2, 0.25) is 13.1 Å². The number of thiocarbonyl (C=S) groups is 1. The number of likely N-dealkylation sites (tertiary alicyclic amines) is 1. The zero-order valence-electron chi connectivity index (χ0n) is 21.8. The van der Waals surface area contributed by atoms with Crippen molar-refractivity contribution in [1.29, 1.82) is 0 Å². The van der Waals surface area contributed by atoms with E-state index in [9.17, 15) is 14.7 Å². The van der Waals surface area contributed by atoms with Gasteiger partial charge in [0.1, 0.15) is 12.1 Å². The Morgan fingerprint density at radius 3 is 2.21 bits per heavy atom. The minimum Gasteiger partial charge on any atom is -0.502 e. The highest BCUT2D eigenvalue weighted by Crippen LogP contribution is 2.48. The fraction of sp³-hybridized carbons (Fsp3) is 0.654. The van der Waals surface area contributed by atoms with Crippen molar-refractivity contribution in [3.63, 3.8) is 0 Å². The average molecular weight is 508 g/mol. The summed E-state index contributed by atoms with van der Waals surface area (Å²) >= 11 is 5.10. The van der Waals surface area contributed by atoms with Crippen LogP contribution in [0.4, 0.5) is 0 Å². The van der Waals surface area contributed by atoms with Crippen molar-refractivity contribution in [2.45, 2.75) is 78.6 Å². The lowest BCUT2D eigenvalue weighted by Crippen LogP contribution is -2.68. The predicted octanol–water partition coefficient (Wildman–Crippen LogP) is 4.88. The fourth-order valence-electron chi connectivity index (χ4n) is 4.68. The molecule has 1 aromatic rings. The lowest BCUT2D eigenvalue weighted by atomic mass is 9.62. The third kappa shape index (κ3) is 7.62. The second kappa shape index (κ2) is 11.3. The van der Waals surface area contributed by atoms with E-state index in [4.69, 9.17) is 21.4 Å². The third-order valence-corrected chi connectivity index (χ3v) is 7.23. The summed E-state index contributed by atoms with van der Waals surface area (Å²) in [7, 11) is -1.30. The molecule has 1 N–H and O–H groups in total. The highest BCUT2D eigenvalue weighted by Gasteiger charge is 2.57. The van der Waals surface area contributed by atoms with Crippen LogP contribution in [0.1, 0.15) is 59.4 Å². The Bertz CT molecular complexity index is 862. The summed E-state index contributed by atoms with van der Waals surface area (Å²) in [4.78, 5) is 27.9. The van der Waals surface area contributed by atoms with Crippen LogP contribution in [0.25, 0.3) is 0 Å². The van der Waals surface area contributed by atoms with Crippen molar-refractivity contribution in [2.24, 2.45) is 17.3 Å². The van der Waals surface area contributed by atoms with Gasteiger partial charge < -0.3 is 19.2 Å². The molecule has 8 heteroatoms. The van der Waals surface area contributed by atoms with Gasteiger partial charge in [-0.05, 0) is 63.0 Å². The van der Waals surface area contributed by atoms with Crippen LogP contribution in [0, 0.1) is 17.3 Å². The third-order valence-electron chi connectivity index (χ3n) is 6.21. The van der Waals surface area contributed by atoms with Gasteiger partial charge in [0.2, 0.25) is 5.91 Å². The fourth-order valence-corrected chi connectivity index (χ4v) is 5.45. The first kappa shape index (κ1) is 28.5. The maximum absolute atomic E-state index is 13.6. The van der Waals surface area contributed by atoms with Crippen LogP contribution in [0.5, 0.6) is 0 Å². The number of carbonyl (C=O) groups is 2. The van der Waals surface area contributed by atoms with E-state index in [2.05, 4.69) is 33.9 Å². The lowest BCUT2D eigenvalue weighted by molar-refractivity contribution is -0.177. The van der Waals surface area contributed by atoms with Crippen LogP contribution in [-0.2, 0) is 18.8 Å². The Kier molecular flexibility index (Phi) is 9.47. The number of nitrogens with zero attached hydrogens (tertiary/aromatic N) is 1. The van der Waals surface area contributed by atoms with Gasteiger partial charge in [-0.1, -0.05) is 51.1 Å². The summed E-state index contributed by atoms with van der Waals surface area (Å²) in [6.07, 6.45) is 0.231. The number of amides is 1. The normalized spacial score (nSPS) is 20.6. The highest BCUT2D eigenvalue weighted by atomic mass is 32.1. The first-order chi connectivity index (χ1) is 15.6. The Morgan fingerprint density at radius 2 is 1.74 bits per heavy atom. The number of carbonyl (C=O) groups excluding carboxylic acids is 2. The smallest absolute Gasteiger partial charge is 0.326 e. The van der Waals surface area contributed by atoms with Gasteiger partial charge in [0.05, 0.1) is 12.0 Å². The molecule has 1 saturated heterocycles. The molecule has 1 aliphatic rings. The summed E-state index contributed by atoms with van der Waals surface area (Å²) in [5.74, 6) is -1.16. The molecule has 1 heterocycles. The molecular weight excluding hydrogens is 466 g/mol.